The Morgan fingerprint density at radius 3 is 2.29 bits per heavy atom. The second-order valence-electron chi connectivity index (χ2n) is 8.33. The fourth-order valence-electron chi connectivity index (χ4n) is 3.36. The minimum atomic E-state index is -0.979. The molecule has 0 aliphatic heterocycles. The van der Waals surface area contributed by atoms with Crippen molar-refractivity contribution >= 4 is 17.5 Å². The van der Waals surface area contributed by atoms with Crippen LogP contribution in [-0.2, 0) is 21.5 Å². The molecule has 0 atom stereocenters. The van der Waals surface area contributed by atoms with Gasteiger partial charge in [0.05, 0.1) is 7.11 Å². The Labute approximate surface area is 166 Å². The molecule has 0 radical (unpaired) electrons. The van der Waals surface area contributed by atoms with Crippen molar-refractivity contribution in [1.82, 2.24) is 5.32 Å². The number of nitrogens with one attached hydrogen (secondary N) is 2. The minimum Gasteiger partial charge on any atom is -0.496 e. The van der Waals surface area contributed by atoms with E-state index < -0.39 is 5.41 Å². The Morgan fingerprint density at radius 2 is 1.64 bits per heavy atom. The van der Waals surface area contributed by atoms with Gasteiger partial charge in [0, 0.05) is 17.8 Å². The van der Waals surface area contributed by atoms with E-state index in [1.807, 2.05) is 48.5 Å². The Bertz CT molecular complexity index is 879. The van der Waals surface area contributed by atoms with E-state index in [1.165, 1.54) is 0 Å². The number of anilines is 1. The maximum Gasteiger partial charge on any atom is 0.240 e. The van der Waals surface area contributed by atoms with Crippen molar-refractivity contribution in [2.24, 2.45) is 5.41 Å². The van der Waals surface area contributed by atoms with Crippen molar-refractivity contribution in [3.63, 3.8) is 0 Å². The lowest BCUT2D eigenvalue weighted by atomic mass is 9.85. The molecule has 3 rings (SSSR count). The maximum absolute atomic E-state index is 13.0. The zero-order valence-electron chi connectivity index (χ0n) is 17.0. The molecule has 148 valence electrons. The van der Waals surface area contributed by atoms with Crippen molar-refractivity contribution in [3.8, 4) is 5.75 Å². The zero-order chi connectivity index (χ0) is 20.4. The number of hydrogen-bond donors (Lipinski definition) is 2. The van der Waals surface area contributed by atoms with Gasteiger partial charge in [-0.25, -0.2) is 0 Å². The molecule has 28 heavy (non-hydrogen) atoms. The van der Waals surface area contributed by atoms with Crippen molar-refractivity contribution in [2.45, 2.75) is 45.6 Å². The summed E-state index contributed by atoms with van der Waals surface area (Å²) in [5, 5.41) is 5.91. The highest BCUT2D eigenvalue weighted by Crippen LogP contribution is 2.47. The molecule has 0 bridgehead atoms. The Balaban J connectivity index is 1.70. The summed E-state index contributed by atoms with van der Waals surface area (Å²) < 4.78 is 5.32. The number of ether oxygens (including phenoxy) is 1. The van der Waals surface area contributed by atoms with Crippen molar-refractivity contribution in [3.05, 3.63) is 59.7 Å². The molecule has 1 aliphatic rings. The van der Waals surface area contributed by atoms with Gasteiger partial charge in [-0.1, -0.05) is 57.2 Å². The predicted octanol–water partition coefficient (Wildman–Crippen LogP) is 4.03. The van der Waals surface area contributed by atoms with Gasteiger partial charge in [0.15, 0.2) is 0 Å². The largest absolute Gasteiger partial charge is 0.496 e. The molecule has 2 amide bonds. The summed E-state index contributed by atoms with van der Waals surface area (Å²) in [6.45, 7) is 6.64. The van der Waals surface area contributed by atoms with Crippen LogP contribution in [0.1, 0.15) is 44.7 Å². The van der Waals surface area contributed by atoms with Crippen LogP contribution < -0.4 is 15.4 Å². The van der Waals surface area contributed by atoms with E-state index in [-0.39, 0.29) is 17.2 Å². The normalized spacial score (nSPS) is 14.9. The van der Waals surface area contributed by atoms with Crippen LogP contribution in [0, 0.1) is 5.41 Å². The fourth-order valence-corrected chi connectivity index (χ4v) is 3.36. The smallest absolute Gasteiger partial charge is 0.240 e. The molecular weight excluding hydrogens is 352 g/mol. The lowest BCUT2D eigenvalue weighted by Crippen LogP contribution is -2.40. The molecule has 5 nitrogen and oxygen atoms in total. The van der Waals surface area contributed by atoms with E-state index in [0.717, 1.165) is 22.6 Å². The van der Waals surface area contributed by atoms with Gasteiger partial charge in [0.25, 0.3) is 0 Å². The quantitative estimate of drug-likeness (QED) is 0.744. The molecule has 0 heterocycles. The summed E-state index contributed by atoms with van der Waals surface area (Å²) in [4.78, 5) is 25.8. The molecule has 0 aromatic heterocycles. The van der Waals surface area contributed by atoms with E-state index in [2.05, 4.69) is 31.4 Å². The number of carbonyl (C=O) groups is 2. The lowest BCUT2D eigenvalue weighted by molar-refractivity contribution is -0.134. The first kappa shape index (κ1) is 19.9. The Morgan fingerprint density at radius 1 is 1.00 bits per heavy atom. The van der Waals surface area contributed by atoms with Gasteiger partial charge in [-0.15, -0.1) is 0 Å². The topological polar surface area (TPSA) is 67.4 Å². The SMILES string of the molecule is COc1ccccc1CNC(=O)C1(C(=O)Nc2ccccc2C(C)(C)C)CC1. The van der Waals surface area contributed by atoms with Crippen molar-refractivity contribution in [2.75, 3.05) is 12.4 Å². The summed E-state index contributed by atoms with van der Waals surface area (Å²) >= 11 is 0. The van der Waals surface area contributed by atoms with Gasteiger partial charge in [0.2, 0.25) is 11.8 Å². The Hall–Kier alpha value is -2.82. The predicted molar refractivity (Wildman–Crippen MR) is 110 cm³/mol. The van der Waals surface area contributed by atoms with Gasteiger partial charge in [-0.05, 0) is 36.0 Å². The van der Waals surface area contributed by atoms with Gasteiger partial charge >= 0.3 is 0 Å². The summed E-state index contributed by atoms with van der Waals surface area (Å²) in [6, 6.07) is 15.3. The van der Waals surface area contributed by atoms with E-state index >= 15 is 0 Å². The van der Waals surface area contributed by atoms with Crippen LogP contribution >= 0.6 is 0 Å². The summed E-state index contributed by atoms with van der Waals surface area (Å²) in [5.41, 5.74) is 1.62. The van der Waals surface area contributed by atoms with E-state index in [0.29, 0.717) is 19.4 Å². The van der Waals surface area contributed by atoms with Crippen LogP contribution in [0.2, 0.25) is 0 Å². The summed E-state index contributed by atoms with van der Waals surface area (Å²) in [6.07, 6.45) is 1.13. The molecule has 2 aromatic carbocycles. The number of para-hydroxylation sites is 2. The molecule has 5 heteroatoms. The third-order valence-electron chi connectivity index (χ3n) is 5.23. The number of carbonyl (C=O) groups excluding carboxylic acids is 2. The van der Waals surface area contributed by atoms with E-state index in [9.17, 15) is 9.59 Å². The average molecular weight is 380 g/mol. The average Bonchev–Trinajstić information content (AvgIpc) is 3.48. The molecule has 1 fully saturated rings. The van der Waals surface area contributed by atoms with Gasteiger partial charge in [-0.3, -0.25) is 9.59 Å². The number of benzene rings is 2. The molecule has 0 spiro atoms. The molecular formula is C23H28N2O3. The van der Waals surface area contributed by atoms with Crippen molar-refractivity contribution in [1.29, 1.82) is 0 Å². The van der Waals surface area contributed by atoms with Gasteiger partial charge in [0.1, 0.15) is 11.2 Å². The highest BCUT2D eigenvalue weighted by atomic mass is 16.5. The van der Waals surface area contributed by atoms with Gasteiger partial charge in [-0.2, -0.15) is 0 Å². The second kappa shape index (κ2) is 7.66. The molecule has 2 N–H and O–H groups in total. The second-order valence-corrected chi connectivity index (χ2v) is 8.33. The maximum atomic E-state index is 13.0. The Kier molecular flexibility index (Phi) is 5.45. The van der Waals surface area contributed by atoms with Crippen LogP contribution in [-0.4, -0.2) is 18.9 Å². The fraction of sp³-hybridized carbons (Fsp3) is 0.391. The number of methoxy groups -OCH3 is 1. The first-order chi connectivity index (χ1) is 13.3. The van der Waals surface area contributed by atoms with E-state index in [1.54, 1.807) is 7.11 Å². The van der Waals surface area contributed by atoms with Crippen LogP contribution in [0.3, 0.4) is 0 Å². The van der Waals surface area contributed by atoms with Crippen LogP contribution in [0.4, 0.5) is 5.69 Å². The molecule has 1 aliphatic carbocycles. The lowest BCUT2D eigenvalue weighted by Gasteiger charge is -2.24. The third kappa shape index (κ3) is 4.03. The van der Waals surface area contributed by atoms with Crippen LogP contribution in [0.15, 0.2) is 48.5 Å². The van der Waals surface area contributed by atoms with Gasteiger partial charge < -0.3 is 15.4 Å². The van der Waals surface area contributed by atoms with Crippen LogP contribution in [0.5, 0.6) is 5.75 Å². The van der Waals surface area contributed by atoms with Crippen molar-refractivity contribution < 1.29 is 14.3 Å². The summed E-state index contributed by atoms with van der Waals surface area (Å²) in [5.74, 6) is 0.252. The number of rotatable bonds is 6. The highest BCUT2D eigenvalue weighted by Gasteiger charge is 2.56. The number of amides is 2. The van der Waals surface area contributed by atoms with E-state index in [4.69, 9.17) is 4.74 Å². The zero-order valence-corrected chi connectivity index (χ0v) is 17.0. The first-order valence-electron chi connectivity index (χ1n) is 9.59. The third-order valence-corrected chi connectivity index (χ3v) is 5.23. The minimum absolute atomic E-state index is 0.104. The molecule has 0 unspecified atom stereocenters. The molecule has 0 saturated heterocycles. The molecule has 2 aromatic rings. The standard InChI is InChI=1S/C23H28N2O3/c1-22(2,3)17-10-6-7-11-18(17)25-21(27)23(13-14-23)20(26)24-15-16-9-5-8-12-19(16)28-4/h5-12H,13-15H2,1-4H3,(H,24,26)(H,25,27). The highest BCUT2D eigenvalue weighted by molar-refractivity contribution is 6.13. The number of hydrogen-bond acceptors (Lipinski definition) is 3. The molecule has 1 saturated carbocycles. The monoisotopic (exact) mass is 380 g/mol. The van der Waals surface area contributed by atoms with Crippen LogP contribution in [0.25, 0.3) is 0 Å². The first-order valence-corrected chi connectivity index (χ1v) is 9.59. The summed E-state index contributed by atoms with van der Waals surface area (Å²) in [7, 11) is 1.60.